The number of aryl methyl sites for hydroxylation is 1. The van der Waals surface area contributed by atoms with Crippen molar-refractivity contribution in [2.24, 2.45) is 0 Å². The van der Waals surface area contributed by atoms with Crippen LogP contribution in [0.2, 0.25) is 0 Å². The second-order valence-corrected chi connectivity index (χ2v) is 8.26. The zero-order valence-corrected chi connectivity index (χ0v) is 19.1. The Kier molecular flexibility index (Phi) is 8.45. The highest BCUT2D eigenvalue weighted by Crippen LogP contribution is 2.34. The van der Waals surface area contributed by atoms with Gasteiger partial charge in [-0.3, -0.25) is 10.1 Å². The molecule has 0 fully saturated rings. The third-order valence-corrected chi connectivity index (χ3v) is 6.01. The highest BCUT2D eigenvalue weighted by atomic mass is 32.2. The molecule has 0 aliphatic carbocycles. The summed E-state index contributed by atoms with van der Waals surface area (Å²) in [6.45, 7) is -0.214. The number of rotatable bonds is 9. The first-order valence-corrected chi connectivity index (χ1v) is 11.1. The molecule has 0 amide bonds. The van der Waals surface area contributed by atoms with Gasteiger partial charge in [0.15, 0.2) is 0 Å². The van der Waals surface area contributed by atoms with Crippen LogP contribution >= 0.6 is 11.8 Å². The van der Waals surface area contributed by atoms with E-state index < -0.39 is 16.9 Å². The molecule has 0 atom stereocenters. The van der Waals surface area contributed by atoms with Gasteiger partial charge in [-0.05, 0) is 30.2 Å². The zero-order chi connectivity index (χ0) is 23.8. The molecule has 174 valence electrons. The molecule has 1 aliphatic rings. The van der Waals surface area contributed by atoms with Gasteiger partial charge in [0, 0.05) is 17.0 Å². The number of carbonyl (C=O) groups excluding carboxylic acids is 2. The van der Waals surface area contributed by atoms with Crippen LogP contribution in [-0.4, -0.2) is 50.2 Å². The van der Waals surface area contributed by atoms with Crippen LogP contribution in [-0.2, 0) is 30.2 Å². The summed E-state index contributed by atoms with van der Waals surface area (Å²) in [5, 5.41) is 11.6. The maximum absolute atomic E-state index is 12.5. The first-order valence-electron chi connectivity index (χ1n) is 10.2. The number of nitro benzene ring substituents is 1. The Bertz CT molecular complexity index is 1060. The van der Waals surface area contributed by atoms with Crippen molar-refractivity contribution in [3.05, 3.63) is 75.5 Å². The normalized spacial score (nSPS) is 13.6. The molecule has 1 aliphatic heterocycles. The number of benzene rings is 2. The summed E-state index contributed by atoms with van der Waals surface area (Å²) in [5.74, 6) is -0.748. The van der Waals surface area contributed by atoms with Crippen LogP contribution in [0, 0.1) is 10.1 Å². The molecule has 0 aromatic heterocycles. The van der Waals surface area contributed by atoms with Crippen molar-refractivity contribution >= 4 is 35.1 Å². The summed E-state index contributed by atoms with van der Waals surface area (Å²) in [5.41, 5.74) is 1.37. The number of methoxy groups -OCH3 is 2. The van der Waals surface area contributed by atoms with Crippen LogP contribution in [0.4, 0.5) is 11.4 Å². The fourth-order valence-electron chi connectivity index (χ4n) is 3.37. The van der Waals surface area contributed by atoms with Crippen molar-refractivity contribution in [1.29, 1.82) is 0 Å². The quantitative estimate of drug-likeness (QED) is 0.177. The molecule has 0 saturated heterocycles. The van der Waals surface area contributed by atoms with Gasteiger partial charge >= 0.3 is 11.9 Å². The van der Waals surface area contributed by atoms with Gasteiger partial charge in [-0.15, -0.1) is 11.8 Å². The summed E-state index contributed by atoms with van der Waals surface area (Å²) >= 11 is 1.48. The molecule has 0 N–H and O–H groups in total. The van der Waals surface area contributed by atoms with Gasteiger partial charge in [0.1, 0.15) is 12.4 Å². The van der Waals surface area contributed by atoms with Crippen molar-refractivity contribution in [2.75, 3.05) is 38.2 Å². The second kappa shape index (κ2) is 11.5. The molecule has 2 aromatic rings. The number of hydrogen-bond acceptors (Lipinski definition) is 9. The number of thioether (sulfide) groups is 1. The van der Waals surface area contributed by atoms with Gasteiger partial charge in [0.05, 0.1) is 37.0 Å². The van der Waals surface area contributed by atoms with Crippen LogP contribution in [0.25, 0.3) is 0 Å². The first kappa shape index (κ1) is 24.3. The van der Waals surface area contributed by atoms with E-state index in [1.165, 1.54) is 48.6 Å². The first-order chi connectivity index (χ1) is 15.9. The van der Waals surface area contributed by atoms with Crippen LogP contribution in [0.1, 0.15) is 12.0 Å². The smallest absolute Gasteiger partial charge is 0.355 e. The molecule has 0 saturated carbocycles. The number of nitrogens with zero attached hydrogens (tertiary/aromatic N) is 2. The molecule has 0 bridgehead atoms. The lowest BCUT2D eigenvalue weighted by molar-refractivity contribution is -0.385. The van der Waals surface area contributed by atoms with E-state index in [-0.39, 0.29) is 30.3 Å². The van der Waals surface area contributed by atoms with E-state index >= 15 is 0 Å². The number of anilines is 1. The lowest BCUT2D eigenvalue weighted by Gasteiger charge is -2.31. The monoisotopic (exact) mass is 472 g/mol. The lowest BCUT2D eigenvalue weighted by Crippen LogP contribution is -2.38. The second-order valence-electron chi connectivity index (χ2n) is 7.10. The van der Waals surface area contributed by atoms with E-state index in [0.717, 1.165) is 18.6 Å². The van der Waals surface area contributed by atoms with Crippen LogP contribution in [0.5, 0.6) is 0 Å². The van der Waals surface area contributed by atoms with Gasteiger partial charge in [0.2, 0.25) is 0 Å². The van der Waals surface area contributed by atoms with Crippen LogP contribution in [0.3, 0.4) is 0 Å². The summed E-state index contributed by atoms with van der Waals surface area (Å²) in [6, 6.07) is 14.6. The minimum atomic E-state index is -0.762. The summed E-state index contributed by atoms with van der Waals surface area (Å²) in [7, 11) is 2.39. The Balaban J connectivity index is 1.87. The standard InChI is InChI=1S/C23H24N2O7S/c1-30-22(26)20-14-32-15-24(21(20)23(27)31-2)17-11-18(25(28)29)13-19(12-17)33-10-6-9-16-7-4-3-5-8-16/h3-5,7-8,11-13H,6,9-10,14-15H2,1-2H3. The minimum absolute atomic E-state index is 0.0147. The summed E-state index contributed by atoms with van der Waals surface area (Å²) in [4.78, 5) is 37.8. The van der Waals surface area contributed by atoms with Crippen molar-refractivity contribution in [1.82, 2.24) is 0 Å². The topological polar surface area (TPSA) is 108 Å². The number of esters is 2. The van der Waals surface area contributed by atoms with E-state index in [1.807, 2.05) is 18.2 Å². The average molecular weight is 473 g/mol. The molecule has 0 unspecified atom stereocenters. The van der Waals surface area contributed by atoms with Gasteiger partial charge in [-0.25, -0.2) is 9.59 Å². The highest BCUT2D eigenvalue weighted by molar-refractivity contribution is 7.99. The van der Waals surface area contributed by atoms with Crippen molar-refractivity contribution in [3.63, 3.8) is 0 Å². The highest BCUT2D eigenvalue weighted by Gasteiger charge is 2.33. The predicted molar refractivity (Wildman–Crippen MR) is 123 cm³/mol. The van der Waals surface area contributed by atoms with E-state index in [0.29, 0.717) is 10.6 Å². The Labute approximate surface area is 195 Å². The Morgan fingerprint density at radius 1 is 1.12 bits per heavy atom. The molecule has 0 radical (unpaired) electrons. The maximum Gasteiger partial charge on any atom is 0.355 e. The van der Waals surface area contributed by atoms with Crippen LogP contribution < -0.4 is 4.90 Å². The average Bonchev–Trinajstić information content (AvgIpc) is 2.85. The summed E-state index contributed by atoms with van der Waals surface area (Å²) < 4.78 is 15.1. The van der Waals surface area contributed by atoms with E-state index in [9.17, 15) is 19.7 Å². The zero-order valence-electron chi connectivity index (χ0n) is 18.3. The largest absolute Gasteiger partial charge is 0.466 e. The van der Waals surface area contributed by atoms with Gasteiger partial charge in [-0.1, -0.05) is 30.3 Å². The predicted octanol–water partition coefficient (Wildman–Crippen LogP) is 3.71. The molecule has 2 aromatic carbocycles. The maximum atomic E-state index is 12.5. The molecular weight excluding hydrogens is 448 g/mol. The fraction of sp³-hybridized carbons (Fsp3) is 0.304. The molecule has 1 heterocycles. The van der Waals surface area contributed by atoms with Crippen molar-refractivity contribution < 1.29 is 28.7 Å². The molecule has 0 spiro atoms. The molecule has 10 heteroatoms. The minimum Gasteiger partial charge on any atom is -0.466 e. The number of non-ortho nitro benzene ring substituents is 1. The van der Waals surface area contributed by atoms with Crippen LogP contribution in [0.15, 0.2) is 64.7 Å². The molecule has 3 rings (SSSR count). The molecular formula is C23H24N2O7S. The SMILES string of the molecule is COC(=O)C1=C(C(=O)OC)N(c2cc(SCCCc3ccccc3)cc([N+](=O)[O-])c2)COC1. The number of hydrogen-bond donors (Lipinski definition) is 0. The van der Waals surface area contributed by atoms with E-state index in [1.54, 1.807) is 6.07 Å². The Hall–Kier alpha value is -3.37. The van der Waals surface area contributed by atoms with E-state index in [2.05, 4.69) is 12.1 Å². The van der Waals surface area contributed by atoms with Crippen molar-refractivity contribution in [2.45, 2.75) is 17.7 Å². The third-order valence-electron chi connectivity index (χ3n) is 4.95. The Morgan fingerprint density at radius 2 is 1.85 bits per heavy atom. The Morgan fingerprint density at radius 3 is 2.52 bits per heavy atom. The summed E-state index contributed by atoms with van der Waals surface area (Å²) in [6.07, 6.45) is 1.78. The van der Waals surface area contributed by atoms with E-state index in [4.69, 9.17) is 14.2 Å². The number of ether oxygens (including phenoxy) is 3. The van der Waals surface area contributed by atoms with Gasteiger partial charge < -0.3 is 19.1 Å². The fourth-order valence-corrected chi connectivity index (χ4v) is 4.30. The molecule has 33 heavy (non-hydrogen) atoms. The molecule has 9 nitrogen and oxygen atoms in total. The number of nitro groups is 1. The van der Waals surface area contributed by atoms with Gasteiger partial charge in [-0.2, -0.15) is 0 Å². The lowest BCUT2D eigenvalue weighted by atomic mass is 10.1. The third kappa shape index (κ3) is 6.11. The van der Waals surface area contributed by atoms with Gasteiger partial charge in [0.25, 0.3) is 5.69 Å². The number of carbonyl (C=O) groups is 2. The van der Waals surface area contributed by atoms with Crippen molar-refractivity contribution in [3.8, 4) is 0 Å².